The Morgan fingerprint density at radius 2 is 1.97 bits per heavy atom. The third kappa shape index (κ3) is 5.95. The molecule has 0 radical (unpaired) electrons. The normalized spacial score (nSPS) is 16.2. The monoisotopic (exact) mass is 494 g/mol. The van der Waals surface area contributed by atoms with E-state index in [1.165, 1.54) is 42.7 Å². The molecule has 0 aliphatic carbocycles. The van der Waals surface area contributed by atoms with Gasteiger partial charge in [0.25, 0.3) is 5.91 Å². The van der Waals surface area contributed by atoms with Crippen molar-refractivity contribution < 1.29 is 23.1 Å². The first-order valence-electron chi connectivity index (χ1n) is 9.89. The van der Waals surface area contributed by atoms with E-state index in [0.29, 0.717) is 42.1 Å². The van der Waals surface area contributed by atoms with Gasteiger partial charge in [-0.1, -0.05) is 0 Å². The molecule has 2 aromatic heterocycles. The zero-order chi connectivity index (χ0) is 23.6. The van der Waals surface area contributed by atoms with E-state index >= 15 is 0 Å². The van der Waals surface area contributed by atoms with Crippen LogP contribution >= 0.6 is 23.4 Å². The Hall–Kier alpha value is -2.82. The van der Waals surface area contributed by atoms with Gasteiger partial charge in [0.15, 0.2) is 0 Å². The molecule has 2 N–H and O–H groups in total. The Balaban J connectivity index is 1.60. The Labute approximate surface area is 196 Å². The highest BCUT2D eigenvalue weighted by Gasteiger charge is 2.27. The minimum absolute atomic E-state index is 0.190. The van der Waals surface area contributed by atoms with Crippen molar-refractivity contribution in [3.63, 3.8) is 0 Å². The molecule has 1 atom stereocenters. The number of aliphatic hydroxyl groups excluding tert-OH is 1. The van der Waals surface area contributed by atoms with E-state index in [9.17, 15) is 23.1 Å². The number of benzene rings is 1. The molecule has 4 rings (SSSR count). The molecule has 0 saturated carbocycles. The number of amides is 1. The second-order valence-corrected chi connectivity index (χ2v) is 9.29. The zero-order valence-electron chi connectivity index (χ0n) is 17.0. The number of hydrogen-bond donors (Lipinski definition) is 2. The maximum Gasteiger partial charge on any atom is 0.375 e. The van der Waals surface area contributed by atoms with Crippen molar-refractivity contribution in [3.8, 4) is 11.1 Å². The van der Waals surface area contributed by atoms with Gasteiger partial charge in [-0.25, -0.2) is 9.37 Å². The van der Waals surface area contributed by atoms with Crippen LogP contribution in [0.5, 0.6) is 0 Å². The Bertz CT molecular complexity index is 1160. The van der Waals surface area contributed by atoms with E-state index < -0.39 is 22.5 Å². The summed E-state index contributed by atoms with van der Waals surface area (Å²) in [7, 11) is 0. The van der Waals surface area contributed by atoms with Crippen molar-refractivity contribution >= 4 is 40.8 Å². The molecule has 1 fully saturated rings. The fourth-order valence-corrected chi connectivity index (χ4v) is 4.29. The predicted molar refractivity (Wildman–Crippen MR) is 121 cm³/mol. The van der Waals surface area contributed by atoms with Crippen molar-refractivity contribution in [2.24, 2.45) is 0 Å². The average Bonchev–Trinajstić information content (AvgIpc) is 3.20. The van der Waals surface area contributed by atoms with E-state index in [2.05, 4.69) is 15.3 Å². The molecule has 3 aromatic rings. The summed E-state index contributed by atoms with van der Waals surface area (Å²) < 4.78 is 36.2. The SMILES string of the molecule is O=C(Nc1ccc(SC(F)(F)Cl)cc1)c1cnc(N2CCC(O)C2)c(-c2cncc(F)c2)c1. The molecule has 0 spiro atoms. The summed E-state index contributed by atoms with van der Waals surface area (Å²) in [5.74, 6) is -0.502. The smallest absolute Gasteiger partial charge is 0.375 e. The largest absolute Gasteiger partial charge is 0.391 e. The van der Waals surface area contributed by atoms with Crippen LogP contribution in [0.25, 0.3) is 11.1 Å². The lowest BCUT2D eigenvalue weighted by atomic mass is 10.1. The van der Waals surface area contributed by atoms with Gasteiger partial charge in [-0.2, -0.15) is 8.78 Å². The van der Waals surface area contributed by atoms with Gasteiger partial charge in [-0.15, -0.1) is 0 Å². The van der Waals surface area contributed by atoms with E-state index in [1.807, 2.05) is 4.90 Å². The summed E-state index contributed by atoms with van der Waals surface area (Å²) in [6, 6.07) is 8.67. The Kier molecular flexibility index (Phi) is 6.78. The predicted octanol–water partition coefficient (Wildman–Crippen LogP) is 4.99. The molecule has 3 heterocycles. The van der Waals surface area contributed by atoms with Crippen molar-refractivity contribution in [3.05, 3.63) is 66.4 Å². The van der Waals surface area contributed by atoms with Crippen LogP contribution in [0, 0.1) is 5.82 Å². The molecule has 172 valence electrons. The third-order valence-electron chi connectivity index (χ3n) is 4.95. The van der Waals surface area contributed by atoms with Crippen LogP contribution in [0.3, 0.4) is 0 Å². The first-order valence-corrected chi connectivity index (χ1v) is 11.1. The number of thioether (sulfide) groups is 1. The highest BCUT2D eigenvalue weighted by molar-refractivity contribution is 8.01. The highest BCUT2D eigenvalue weighted by Crippen LogP contribution is 2.39. The number of carbonyl (C=O) groups is 1. The first kappa shape index (κ1) is 23.3. The maximum absolute atomic E-state index is 13.8. The molecule has 0 bridgehead atoms. The third-order valence-corrected chi connectivity index (χ3v) is 5.92. The van der Waals surface area contributed by atoms with Crippen molar-refractivity contribution in [2.75, 3.05) is 23.3 Å². The summed E-state index contributed by atoms with van der Waals surface area (Å²) in [6.45, 7) is 0.946. The van der Waals surface area contributed by atoms with Gasteiger partial charge in [0.1, 0.15) is 11.6 Å². The molecule has 1 saturated heterocycles. The molecule has 1 aliphatic rings. The van der Waals surface area contributed by atoms with E-state index in [4.69, 9.17) is 11.6 Å². The molecule has 1 aliphatic heterocycles. The van der Waals surface area contributed by atoms with Gasteiger partial charge < -0.3 is 15.3 Å². The standard InChI is InChI=1S/C22H18ClF3N4O2S/c23-22(25,26)33-18-3-1-16(2-4-18)29-21(32)14-8-19(13-7-15(24)11-27-9-13)20(28-10-14)30-6-5-17(31)12-30/h1-4,7-11,17,31H,5-6,12H2,(H,29,32). The second kappa shape index (κ2) is 9.58. The number of hydrogen-bond acceptors (Lipinski definition) is 6. The summed E-state index contributed by atoms with van der Waals surface area (Å²) in [6.07, 6.45) is 4.03. The minimum atomic E-state index is -3.42. The van der Waals surface area contributed by atoms with Crippen LogP contribution in [0.1, 0.15) is 16.8 Å². The van der Waals surface area contributed by atoms with Gasteiger partial charge in [0.2, 0.25) is 0 Å². The van der Waals surface area contributed by atoms with Crippen LogP contribution in [0.15, 0.2) is 59.9 Å². The van der Waals surface area contributed by atoms with Gasteiger partial charge in [-0.3, -0.25) is 9.78 Å². The Morgan fingerprint density at radius 3 is 2.61 bits per heavy atom. The van der Waals surface area contributed by atoms with Crippen LogP contribution in [-0.4, -0.2) is 44.9 Å². The summed E-state index contributed by atoms with van der Waals surface area (Å²) in [5, 5.41) is 12.6. The van der Waals surface area contributed by atoms with E-state index in [1.54, 1.807) is 6.07 Å². The molecular weight excluding hydrogens is 477 g/mol. The number of anilines is 2. The number of nitrogens with one attached hydrogen (secondary N) is 1. The van der Waals surface area contributed by atoms with Crippen LogP contribution < -0.4 is 10.2 Å². The van der Waals surface area contributed by atoms with Crippen LogP contribution in [0.4, 0.5) is 24.7 Å². The fourth-order valence-electron chi connectivity index (χ4n) is 3.48. The molecule has 11 heteroatoms. The van der Waals surface area contributed by atoms with Crippen molar-refractivity contribution in [2.45, 2.75) is 22.1 Å². The topological polar surface area (TPSA) is 78.4 Å². The molecular formula is C22H18ClF3N4O2S. The van der Waals surface area contributed by atoms with Gasteiger partial charge in [0.05, 0.1) is 17.9 Å². The second-order valence-electron chi connectivity index (χ2n) is 7.40. The summed E-state index contributed by atoms with van der Waals surface area (Å²) in [5.41, 5.74) is 1.54. The number of aromatic nitrogens is 2. The lowest BCUT2D eigenvalue weighted by Crippen LogP contribution is -2.23. The van der Waals surface area contributed by atoms with Crippen LogP contribution in [-0.2, 0) is 0 Å². The zero-order valence-corrected chi connectivity index (χ0v) is 18.6. The average molecular weight is 495 g/mol. The quantitative estimate of drug-likeness (QED) is 0.371. The Morgan fingerprint density at radius 1 is 1.21 bits per heavy atom. The van der Waals surface area contributed by atoms with Crippen molar-refractivity contribution in [1.82, 2.24) is 9.97 Å². The molecule has 1 amide bonds. The minimum Gasteiger partial charge on any atom is -0.391 e. The molecule has 33 heavy (non-hydrogen) atoms. The van der Waals surface area contributed by atoms with Gasteiger partial charge in [-0.05, 0) is 66.2 Å². The number of carbonyl (C=O) groups excluding carboxylic acids is 1. The highest BCUT2D eigenvalue weighted by atomic mass is 35.5. The lowest BCUT2D eigenvalue weighted by Gasteiger charge is -2.21. The molecule has 1 unspecified atom stereocenters. The number of halogens is 4. The fraction of sp³-hybridized carbons (Fsp3) is 0.227. The number of alkyl halides is 3. The van der Waals surface area contributed by atoms with Gasteiger partial charge >= 0.3 is 4.71 Å². The lowest BCUT2D eigenvalue weighted by molar-refractivity contribution is 0.102. The van der Waals surface area contributed by atoms with E-state index in [0.717, 1.165) is 6.20 Å². The van der Waals surface area contributed by atoms with Crippen LogP contribution in [0.2, 0.25) is 0 Å². The number of rotatable bonds is 6. The van der Waals surface area contributed by atoms with E-state index in [-0.39, 0.29) is 22.2 Å². The first-order chi connectivity index (χ1) is 15.7. The number of β-amino-alcohol motifs (C(OH)–C–C–N with tert-alkyl or cyclic N) is 1. The van der Waals surface area contributed by atoms with Gasteiger partial charge in [0, 0.05) is 47.2 Å². The number of aliphatic hydroxyl groups is 1. The number of nitrogens with zero attached hydrogens (tertiary/aromatic N) is 3. The molecule has 1 aromatic carbocycles. The molecule has 6 nitrogen and oxygen atoms in total. The number of pyridine rings is 2. The summed E-state index contributed by atoms with van der Waals surface area (Å²) >= 11 is 5.11. The summed E-state index contributed by atoms with van der Waals surface area (Å²) in [4.78, 5) is 23.2. The maximum atomic E-state index is 13.8. The van der Waals surface area contributed by atoms with Crippen molar-refractivity contribution in [1.29, 1.82) is 0 Å².